The molecular formula is C28H30N6O5S. The molecule has 208 valence electrons. The maximum Gasteiger partial charge on any atom is 0.359 e. The lowest BCUT2D eigenvalue weighted by Crippen LogP contribution is -2.46. The van der Waals surface area contributed by atoms with Crippen LogP contribution in [0.1, 0.15) is 18.4 Å². The number of aromatic amines is 1. The molecular weight excluding hydrogens is 532 g/mol. The summed E-state index contributed by atoms with van der Waals surface area (Å²) in [5.74, 6) is 0. The van der Waals surface area contributed by atoms with Crippen molar-refractivity contribution in [1.29, 1.82) is 5.26 Å². The third-order valence-electron chi connectivity index (χ3n) is 6.86. The molecule has 40 heavy (non-hydrogen) atoms. The van der Waals surface area contributed by atoms with Gasteiger partial charge in [0.15, 0.2) is 0 Å². The van der Waals surface area contributed by atoms with Crippen LogP contribution in [-0.4, -0.2) is 61.6 Å². The van der Waals surface area contributed by atoms with E-state index in [2.05, 4.69) is 19.9 Å². The highest BCUT2D eigenvalue weighted by Gasteiger charge is 2.21. The number of hydrogen-bond donors (Lipinski definition) is 4. The topological polar surface area (TPSA) is 152 Å². The summed E-state index contributed by atoms with van der Waals surface area (Å²) < 4.78 is 29.0. The van der Waals surface area contributed by atoms with Gasteiger partial charge in [-0.1, -0.05) is 12.1 Å². The van der Waals surface area contributed by atoms with Gasteiger partial charge in [0.1, 0.15) is 18.2 Å². The third kappa shape index (κ3) is 6.28. The normalized spacial score (nSPS) is 15.1. The second-order valence-electron chi connectivity index (χ2n) is 9.65. The van der Waals surface area contributed by atoms with Crippen molar-refractivity contribution in [2.45, 2.75) is 29.9 Å². The van der Waals surface area contributed by atoms with Crippen LogP contribution in [-0.2, 0) is 10.0 Å². The second-order valence-corrected chi connectivity index (χ2v) is 11.3. The van der Waals surface area contributed by atoms with E-state index in [0.29, 0.717) is 28.8 Å². The molecule has 1 aliphatic rings. The molecule has 0 unspecified atom stereocenters. The van der Waals surface area contributed by atoms with Crippen molar-refractivity contribution < 1.29 is 18.4 Å². The van der Waals surface area contributed by atoms with Gasteiger partial charge < -0.3 is 25.1 Å². The lowest BCUT2D eigenvalue weighted by atomic mass is 10.0. The van der Waals surface area contributed by atoms with Crippen molar-refractivity contribution in [3.05, 3.63) is 88.8 Å². The number of aliphatic hydroxyl groups is 1. The summed E-state index contributed by atoms with van der Waals surface area (Å²) >= 11 is 0. The number of aromatic nitrogens is 2. The summed E-state index contributed by atoms with van der Waals surface area (Å²) in [6, 6.07) is 22.4. The Kier molecular flexibility index (Phi) is 8.06. The summed E-state index contributed by atoms with van der Waals surface area (Å²) in [5.41, 5.74) is 2.76. The Morgan fingerprint density at radius 1 is 1.05 bits per heavy atom. The molecule has 5 rings (SSSR count). The average Bonchev–Trinajstić information content (AvgIpc) is 3.30. The number of para-hydroxylation sites is 2. The van der Waals surface area contributed by atoms with Gasteiger partial charge in [0, 0.05) is 37.1 Å². The van der Waals surface area contributed by atoms with Crippen LogP contribution in [0.5, 0.6) is 0 Å². The Morgan fingerprint density at radius 3 is 2.45 bits per heavy atom. The largest absolute Gasteiger partial charge is 0.406 e. The molecule has 0 bridgehead atoms. The summed E-state index contributed by atoms with van der Waals surface area (Å²) in [5, 5.41) is 22.7. The molecule has 12 heteroatoms. The van der Waals surface area contributed by atoms with Crippen molar-refractivity contribution in [3.63, 3.8) is 0 Å². The third-order valence-corrected chi connectivity index (χ3v) is 8.26. The van der Waals surface area contributed by atoms with Gasteiger partial charge in [-0.05, 0) is 73.5 Å². The van der Waals surface area contributed by atoms with E-state index < -0.39 is 16.1 Å². The van der Waals surface area contributed by atoms with E-state index >= 15 is 0 Å². The van der Waals surface area contributed by atoms with Gasteiger partial charge in [-0.3, -0.25) is 4.72 Å². The molecule has 1 atom stereocenters. The zero-order valence-electron chi connectivity index (χ0n) is 21.7. The second kappa shape index (κ2) is 11.8. The Labute approximate surface area is 231 Å². The van der Waals surface area contributed by atoms with Crippen molar-refractivity contribution in [1.82, 2.24) is 15.0 Å². The molecule has 3 aromatic carbocycles. The van der Waals surface area contributed by atoms with Crippen LogP contribution in [0.4, 0.5) is 11.4 Å². The number of nitriles is 1. The molecule has 4 N–H and O–H groups in total. The Hall–Kier alpha value is -4.31. The van der Waals surface area contributed by atoms with Gasteiger partial charge in [-0.25, -0.2) is 13.2 Å². The summed E-state index contributed by atoms with van der Waals surface area (Å²) in [6.45, 7) is 1.95. The van der Waals surface area contributed by atoms with Crippen LogP contribution in [0.3, 0.4) is 0 Å². The lowest BCUT2D eigenvalue weighted by Gasteiger charge is -2.34. The molecule has 1 fully saturated rings. The predicted molar refractivity (Wildman–Crippen MR) is 152 cm³/mol. The van der Waals surface area contributed by atoms with Gasteiger partial charge in [0.05, 0.1) is 22.0 Å². The minimum atomic E-state index is -3.75. The first-order valence-corrected chi connectivity index (χ1v) is 14.4. The maximum atomic E-state index is 12.6. The molecule has 0 radical (unpaired) electrons. The minimum absolute atomic E-state index is 0.0190. The fourth-order valence-electron chi connectivity index (χ4n) is 4.69. The van der Waals surface area contributed by atoms with Crippen LogP contribution < -0.4 is 25.5 Å². The summed E-state index contributed by atoms with van der Waals surface area (Å²) in [4.78, 5) is 22.7. The number of piperidine rings is 1. The number of sulfonamides is 1. The standard InChI is InChI=1S/C28H30N6O5S/c29-17-20-5-11-25(12-6-20)40(37,38)32-22-7-9-23(10-8-22)33-15-13-21(14-16-33)30-18-24(35)19-39-34-27-4-2-1-3-26(27)31-28(34)36/h1-12,21,24,30,32,35H,13-16,18-19H2,(H,31,36)/t24-/m0/s1. The summed E-state index contributed by atoms with van der Waals surface area (Å²) in [7, 11) is -3.75. The number of nitrogens with one attached hydrogen (secondary N) is 3. The highest BCUT2D eigenvalue weighted by molar-refractivity contribution is 7.92. The van der Waals surface area contributed by atoms with Crippen LogP contribution in [0, 0.1) is 11.3 Å². The molecule has 11 nitrogen and oxygen atoms in total. The van der Waals surface area contributed by atoms with Gasteiger partial charge in [0.25, 0.3) is 10.0 Å². The molecule has 2 heterocycles. The molecule has 1 saturated heterocycles. The van der Waals surface area contributed by atoms with Crippen molar-refractivity contribution >= 4 is 32.4 Å². The number of nitrogens with zero attached hydrogens (tertiary/aromatic N) is 3. The van der Waals surface area contributed by atoms with Crippen molar-refractivity contribution in [2.24, 2.45) is 0 Å². The number of fused-ring (bicyclic) bond motifs is 1. The minimum Gasteiger partial charge on any atom is -0.406 e. The molecule has 0 spiro atoms. The number of benzene rings is 3. The lowest BCUT2D eigenvalue weighted by molar-refractivity contribution is 0.0263. The highest BCUT2D eigenvalue weighted by Crippen LogP contribution is 2.24. The number of H-pyrrole nitrogens is 1. The SMILES string of the molecule is N#Cc1ccc(S(=O)(=O)Nc2ccc(N3CCC(NC[C@H](O)COn4c(=O)[nH]c5ccccc54)CC3)cc2)cc1. The Morgan fingerprint density at radius 2 is 1.75 bits per heavy atom. The smallest absolute Gasteiger partial charge is 0.359 e. The highest BCUT2D eigenvalue weighted by atomic mass is 32.2. The first-order valence-electron chi connectivity index (χ1n) is 12.9. The van der Waals surface area contributed by atoms with E-state index in [1.165, 1.54) is 29.0 Å². The van der Waals surface area contributed by atoms with Crippen LogP contribution >= 0.6 is 0 Å². The van der Waals surface area contributed by atoms with E-state index in [0.717, 1.165) is 31.6 Å². The van der Waals surface area contributed by atoms with Crippen molar-refractivity contribution in [2.75, 3.05) is 35.9 Å². The van der Waals surface area contributed by atoms with E-state index in [1.54, 1.807) is 24.3 Å². The number of anilines is 2. The monoisotopic (exact) mass is 562 g/mol. The first kappa shape index (κ1) is 27.3. The van der Waals surface area contributed by atoms with Gasteiger partial charge in [-0.15, -0.1) is 4.73 Å². The number of imidazole rings is 1. The Balaban J connectivity index is 1.07. The molecule has 4 aromatic rings. The molecule has 0 aliphatic carbocycles. The van der Waals surface area contributed by atoms with Gasteiger partial charge in [-0.2, -0.15) is 5.26 Å². The van der Waals surface area contributed by atoms with Gasteiger partial charge in [0.2, 0.25) is 0 Å². The van der Waals surface area contributed by atoms with E-state index in [-0.39, 0.29) is 23.2 Å². The molecule has 0 saturated carbocycles. The zero-order chi connectivity index (χ0) is 28.1. The van der Waals surface area contributed by atoms with E-state index in [4.69, 9.17) is 10.1 Å². The molecule has 1 aromatic heterocycles. The van der Waals surface area contributed by atoms with E-state index in [9.17, 15) is 18.3 Å². The van der Waals surface area contributed by atoms with E-state index in [1.807, 2.05) is 30.3 Å². The maximum absolute atomic E-state index is 12.6. The average molecular weight is 563 g/mol. The quantitative estimate of drug-likeness (QED) is 0.229. The van der Waals surface area contributed by atoms with Crippen molar-refractivity contribution in [3.8, 4) is 6.07 Å². The van der Waals surface area contributed by atoms with Crippen LogP contribution in [0.2, 0.25) is 0 Å². The first-order chi connectivity index (χ1) is 19.3. The van der Waals surface area contributed by atoms with Crippen LogP contribution in [0.25, 0.3) is 11.0 Å². The molecule has 1 aliphatic heterocycles. The number of rotatable bonds is 10. The summed E-state index contributed by atoms with van der Waals surface area (Å²) in [6.07, 6.45) is 0.977. The number of aliphatic hydroxyl groups excluding tert-OH is 1. The fourth-order valence-corrected chi connectivity index (χ4v) is 5.75. The molecule has 0 amide bonds. The fraction of sp³-hybridized carbons (Fsp3) is 0.286. The zero-order valence-corrected chi connectivity index (χ0v) is 22.5. The van der Waals surface area contributed by atoms with Gasteiger partial charge >= 0.3 is 5.69 Å². The Bertz CT molecular complexity index is 1650. The number of hydrogen-bond acceptors (Lipinski definition) is 8. The van der Waals surface area contributed by atoms with Crippen LogP contribution in [0.15, 0.2) is 82.5 Å². The predicted octanol–water partition coefficient (Wildman–Crippen LogP) is 2.05.